The lowest BCUT2D eigenvalue weighted by Crippen LogP contribution is -2.24. The number of aryl methyl sites for hydroxylation is 1. The van der Waals surface area contributed by atoms with Gasteiger partial charge in [-0.25, -0.2) is 0 Å². The zero-order valence-electron chi connectivity index (χ0n) is 22.8. The van der Waals surface area contributed by atoms with Gasteiger partial charge in [0.15, 0.2) is 22.5 Å². The Labute approximate surface area is 237 Å². The topological polar surface area (TPSA) is 117 Å². The van der Waals surface area contributed by atoms with Crippen LogP contribution in [0.25, 0.3) is 5.69 Å². The van der Waals surface area contributed by atoms with Gasteiger partial charge < -0.3 is 24.8 Å². The van der Waals surface area contributed by atoms with Crippen molar-refractivity contribution in [1.29, 1.82) is 0 Å². The summed E-state index contributed by atoms with van der Waals surface area (Å²) in [5.41, 5.74) is 2.97. The molecule has 2 N–H and O–H groups in total. The van der Waals surface area contributed by atoms with Gasteiger partial charge in [0.05, 0.1) is 33.1 Å². The molecule has 0 aliphatic heterocycles. The number of benzene rings is 3. The highest BCUT2D eigenvalue weighted by atomic mass is 32.2. The lowest BCUT2D eigenvalue weighted by atomic mass is 10.2. The van der Waals surface area contributed by atoms with Gasteiger partial charge in [-0.05, 0) is 74.0 Å². The third-order valence-electron chi connectivity index (χ3n) is 5.79. The first-order chi connectivity index (χ1) is 19.4. The van der Waals surface area contributed by atoms with E-state index in [9.17, 15) is 9.59 Å². The molecule has 0 unspecified atom stereocenters. The number of carbonyl (C=O) groups is 2. The third kappa shape index (κ3) is 7.11. The van der Waals surface area contributed by atoms with E-state index in [2.05, 4.69) is 20.8 Å². The lowest BCUT2D eigenvalue weighted by molar-refractivity contribution is -0.113. The molecule has 0 radical (unpaired) electrons. The molecule has 0 saturated heterocycles. The number of methoxy groups -OCH3 is 2. The Kier molecular flexibility index (Phi) is 9.63. The first-order valence-corrected chi connectivity index (χ1v) is 13.6. The van der Waals surface area contributed by atoms with Gasteiger partial charge in [0.1, 0.15) is 5.75 Å². The van der Waals surface area contributed by atoms with Crippen molar-refractivity contribution in [2.75, 3.05) is 31.9 Å². The Morgan fingerprint density at radius 1 is 0.950 bits per heavy atom. The Balaban J connectivity index is 1.52. The predicted octanol–water partition coefficient (Wildman–Crippen LogP) is 4.65. The van der Waals surface area contributed by atoms with E-state index in [1.165, 1.54) is 26.0 Å². The van der Waals surface area contributed by atoms with E-state index >= 15 is 0 Å². The fraction of sp³-hybridized carbons (Fsp3) is 0.241. The summed E-state index contributed by atoms with van der Waals surface area (Å²) in [5.74, 6) is 1.86. The second-order valence-electron chi connectivity index (χ2n) is 8.62. The van der Waals surface area contributed by atoms with Crippen LogP contribution in [0.3, 0.4) is 0 Å². The van der Waals surface area contributed by atoms with Crippen LogP contribution < -0.4 is 24.8 Å². The molecule has 0 spiro atoms. The maximum Gasteiger partial charge on any atom is 0.251 e. The number of nitrogens with zero attached hydrogens (tertiary/aromatic N) is 3. The van der Waals surface area contributed by atoms with Gasteiger partial charge >= 0.3 is 0 Å². The van der Waals surface area contributed by atoms with Crippen molar-refractivity contribution in [3.8, 4) is 22.9 Å². The fourth-order valence-corrected chi connectivity index (χ4v) is 4.69. The molecule has 0 bridgehead atoms. The number of anilines is 1. The van der Waals surface area contributed by atoms with Gasteiger partial charge in [-0.1, -0.05) is 23.9 Å². The second kappa shape index (κ2) is 13.5. The summed E-state index contributed by atoms with van der Waals surface area (Å²) in [5, 5.41) is 15.0. The fourth-order valence-electron chi connectivity index (χ4n) is 3.91. The number of amides is 2. The Hall–Kier alpha value is -4.51. The second-order valence-corrected chi connectivity index (χ2v) is 9.56. The number of aromatic nitrogens is 3. The molecule has 11 heteroatoms. The molecule has 0 aliphatic rings. The van der Waals surface area contributed by atoms with Gasteiger partial charge in [-0.3, -0.25) is 14.2 Å². The van der Waals surface area contributed by atoms with Crippen LogP contribution in [0, 0.1) is 6.92 Å². The van der Waals surface area contributed by atoms with Crippen molar-refractivity contribution in [3.05, 3.63) is 83.7 Å². The van der Waals surface area contributed by atoms with Gasteiger partial charge in [0, 0.05) is 16.9 Å². The Morgan fingerprint density at radius 2 is 1.73 bits per heavy atom. The standard InChI is InChI=1S/C29H31N5O5S/c1-5-39-23-12-10-22(11-13-23)34-26(17-30-28(36)20-9-14-24(37-3)25(16-20)38-4)32-33-29(34)40-18-27(35)31-21-8-6-7-19(2)15-21/h6-16H,5,17-18H2,1-4H3,(H,30,36)(H,31,35). The molecule has 0 aliphatic carbocycles. The van der Waals surface area contributed by atoms with E-state index in [1.54, 1.807) is 18.2 Å². The summed E-state index contributed by atoms with van der Waals surface area (Å²) >= 11 is 1.25. The Morgan fingerprint density at radius 3 is 2.42 bits per heavy atom. The minimum absolute atomic E-state index is 0.101. The Bertz CT molecular complexity index is 1470. The molecule has 1 heterocycles. The van der Waals surface area contributed by atoms with Crippen LogP contribution in [-0.2, 0) is 11.3 Å². The highest BCUT2D eigenvalue weighted by Crippen LogP contribution is 2.28. The molecular formula is C29H31N5O5S. The van der Waals surface area contributed by atoms with Gasteiger partial charge in [-0.2, -0.15) is 0 Å². The van der Waals surface area contributed by atoms with Crippen molar-refractivity contribution in [2.24, 2.45) is 0 Å². The zero-order chi connectivity index (χ0) is 28.5. The third-order valence-corrected chi connectivity index (χ3v) is 6.72. The quantitative estimate of drug-likeness (QED) is 0.240. The molecule has 0 fully saturated rings. The molecule has 1 aromatic heterocycles. The van der Waals surface area contributed by atoms with E-state index in [-0.39, 0.29) is 24.1 Å². The van der Waals surface area contributed by atoms with Gasteiger partial charge in [0.2, 0.25) is 5.91 Å². The van der Waals surface area contributed by atoms with Crippen molar-refractivity contribution in [2.45, 2.75) is 25.5 Å². The van der Waals surface area contributed by atoms with Gasteiger partial charge in [-0.15, -0.1) is 10.2 Å². The smallest absolute Gasteiger partial charge is 0.251 e. The largest absolute Gasteiger partial charge is 0.494 e. The van der Waals surface area contributed by atoms with Crippen LogP contribution >= 0.6 is 11.8 Å². The summed E-state index contributed by atoms with van der Waals surface area (Å²) in [6, 6.07) is 20.0. The summed E-state index contributed by atoms with van der Waals surface area (Å²) in [6.45, 7) is 4.54. The first-order valence-electron chi connectivity index (χ1n) is 12.6. The number of carbonyl (C=O) groups excluding carboxylic acids is 2. The van der Waals surface area contributed by atoms with Crippen LogP contribution in [0.15, 0.2) is 71.9 Å². The maximum atomic E-state index is 12.9. The lowest BCUT2D eigenvalue weighted by Gasteiger charge is -2.13. The summed E-state index contributed by atoms with van der Waals surface area (Å²) in [6.07, 6.45) is 0. The van der Waals surface area contributed by atoms with Crippen molar-refractivity contribution >= 4 is 29.3 Å². The van der Waals surface area contributed by atoms with E-state index in [0.29, 0.717) is 34.7 Å². The number of ether oxygens (including phenoxy) is 3. The number of thioether (sulfide) groups is 1. The van der Waals surface area contributed by atoms with E-state index in [4.69, 9.17) is 14.2 Å². The zero-order valence-corrected chi connectivity index (χ0v) is 23.6. The minimum atomic E-state index is -0.311. The highest BCUT2D eigenvalue weighted by Gasteiger charge is 2.18. The molecule has 2 amide bonds. The van der Waals surface area contributed by atoms with Crippen LogP contribution in [0.1, 0.15) is 28.7 Å². The SMILES string of the molecule is CCOc1ccc(-n2c(CNC(=O)c3ccc(OC)c(OC)c3)nnc2SCC(=O)Nc2cccc(C)c2)cc1. The van der Waals surface area contributed by atoms with E-state index < -0.39 is 0 Å². The normalized spacial score (nSPS) is 10.6. The molecular weight excluding hydrogens is 530 g/mol. The molecule has 40 heavy (non-hydrogen) atoms. The number of rotatable bonds is 12. The number of hydrogen-bond acceptors (Lipinski definition) is 8. The van der Waals surface area contributed by atoms with Crippen LogP contribution in [0.2, 0.25) is 0 Å². The summed E-state index contributed by atoms with van der Waals surface area (Å²) < 4.78 is 17.9. The molecule has 208 valence electrons. The molecule has 4 rings (SSSR count). The average Bonchev–Trinajstić information content (AvgIpc) is 3.37. The van der Waals surface area contributed by atoms with Crippen LogP contribution in [0.5, 0.6) is 17.2 Å². The molecule has 4 aromatic rings. The molecule has 0 saturated carbocycles. The highest BCUT2D eigenvalue weighted by molar-refractivity contribution is 7.99. The maximum absolute atomic E-state index is 12.9. The molecule has 3 aromatic carbocycles. The van der Waals surface area contributed by atoms with E-state index in [0.717, 1.165) is 22.7 Å². The minimum Gasteiger partial charge on any atom is -0.494 e. The van der Waals surface area contributed by atoms with Crippen molar-refractivity contribution < 1.29 is 23.8 Å². The van der Waals surface area contributed by atoms with E-state index in [1.807, 2.05) is 66.9 Å². The number of hydrogen-bond donors (Lipinski definition) is 2. The number of nitrogens with one attached hydrogen (secondary N) is 2. The molecule has 10 nitrogen and oxygen atoms in total. The van der Waals surface area contributed by atoms with Gasteiger partial charge in [0.25, 0.3) is 5.91 Å². The monoisotopic (exact) mass is 561 g/mol. The van der Waals surface area contributed by atoms with Crippen LogP contribution in [-0.4, -0.2) is 53.2 Å². The summed E-state index contributed by atoms with van der Waals surface area (Å²) in [4.78, 5) is 25.6. The first kappa shape index (κ1) is 28.5. The summed E-state index contributed by atoms with van der Waals surface area (Å²) in [7, 11) is 3.05. The average molecular weight is 562 g/mol. The van der Waals surface area contributed by atoms with Crippen LogP contribution in [0.4, 0.5) is 5.69 Å². The predicted molar refractivity (Wildman–Crippen MR) is 154 cm³/mol. The van der Waals surface area contributed by atoms with Crippen molar-refractivity contribution in [1.82, 2.24) is 20.1 Å². The molecule has 0 atom stereocenters. The van der Waals surface area contributed by atoms with Crippen molar-refractivity contribution in [3.63, 3.8) is 0 Å².